The van der Waals surface area contributed by atoms with Gasteiger partial charge in [-0.05, 0) is 37.6 Å². The molecule has 0 spiro atoms. The number of fused-ring (bicyclic) bond motifs is 1. The summed E-state index contributed by atoms with van der Waals surface area (Å²) < 4.78 is 15.5. The van der Waals surface area contributed by atoms with Crippen LogP contribution in [-0.4, -0.2) is 31.6 Å². The first-order valence-electron chi connectivity index (χ1n) is 9.19. The number of carbonyl (C=O) groups is 2. The number of rotatable bonds is 8. The van der Waals surface area contributed by atoms with Crippen LogP contribution < -0.4 is 15.7 Å². The molecule has 0 bridgehead atoms. The molecule has 2 aromatic carbocycles. The third-order valence-electron chi connectivity index (χ3n) is 4.13. The number of hydrogen-bond acceptors (Lipinski definition) is 6. The van der Waals surface area contributed by atoms with Crippen LogP contribution in [0.2, 0.25) is 0 Å². The summed E-state index contributed by atoms with van der Waals surface area (Å²) in [7, 11) is 0. The number of amides is 1. The van der Waals surface area contributed by atoms with E-state index in [1.807, 2.05) is 19.1 Å². The van der Waals surface area contributed by atoms with E-state index in [1.54, 1.807) is 36.4 Å². The molecule has 7 heteroatoms. The van der Waals surface area contributed by atoms with Crippen LogP contribution in [0.3, 0.4) is 0 Å². The van der Waals surface area contributed by atoms with E-state index >= 15 is 0 Å². The number of esters is 1. The Labute approximate surface area is 167 Å². The summed E-state index contributed by atoms with van der Waals surface area (Å²) in [6.07, 6.45) is 0.404. The van der Waals surface area contributed by atoms with Crippen LogP contribution in [0, 0.1) is 6.92 Å². The Bertz CT molecular complexity index is 1050. The summed E-state index contributed by atoms with van der Waals surface area (Å²) in [5, 5.41) is 3.29. The number of benzene rings is 2. The van der Waals surface area contributed by atoms with Gasteiger partial charge in [0.2, 0.25) is 0 Å². The van der Waals surface area contributed by atoms with Crippen molar-refractivity contribution in [1.29, 1.82) is 0 Å². The molecule has 0 saturated heterocycles. The molecule has 3 rings (SSSR count). The van der Waals surface area contributed by atoms with Crippen molar-refractivity contribution in [2.45, 2.75) is 13.3 Å². The third-order valence-corrected chi connectivity index (χ3v) is 4.13. The molecule has 0 aliphatic rings. The van der Waals surface area contributed by atoms with Crippen molar-refractivity contribution < 1.29 is 23.5 Å². The first-order valence-corrected chi connectivity index (χ1v) is 9.19. The molecule has 0 fully saturated rings. The van der Waals surface area contributed by atoms with Crippen molar-refractivity contribution in [3.63, 3.8) is 0 Å². The highest BCUT2D eigenvalue weighted by Crippen LogP contribution is 2.13. The molecule has 1 aromatic heterocycles. The van der Waals surface area contributed by atoms with Gasteiger partial charge in [-0.1, -0.05) is 35.9 Å². The maximum atomic E-state index is 12.2. The van der Waals surface area contributed by atoms with Crippen molar-refractivity contribution in [3.05, 3.63) is 76.1 Å². The zero-order valence-corrected chi connectivity index (χ0v) is 16.0. The summed E-state index contributed by atoms with van der Waals surface area (Å²) in [5.74, 6) is -0.431. The standard InChI is InChI=1S/C22H21NO6/c1-15-7-9-17(10-8-15)28-14-20(24)27-12-4-11-23-21(25)18-13-16-5-2-3-6-19(16)29-22(18)26/h2-3,5-10,13H,4,11-12,14H2,1H3,(H,23,25). The average molecular weight is 395 g/mol. The minimum Gasteiger partial charge on any atom is -0.482 e. The van der Waals surface area contributed by atoms with E-state index in [9.17, 15) is 14.4 Å². The number of para-hydroxylation sites is 1. The molecular weight excluding hydrogens is 374 g/mol. The Morgan fingerprint density at radius 1 is 1.07 bits per heavy atom. The maximum Gasteiger partial charge on any atom is 0.349 e. The molecule has 0 aliphatic carbocycles. The van der Waals surface area contributed by atoms with E-state index in [0.717, 1.165) is 5.56 Å². The molecule has 0 saturated carbocycles. The summed E-state index contributed by atoms with van der Waals surface area (Å²) >= 11 is 0. The lowest BCUT2D eigenvalue weighted by atomic mass is 10.2. The Balaban J connectivity index is 1.38. The molecule has 7 nitrogen and oxygen atoms in total. The van der Waals surface area contributed by atoms with Gasteiger partial charge in [0.05, 0.1) is 6.61 Å². The SMILES string of the molecule is Cc1ccc(OCC(=O)OCCCNC(=O)c2cc3ccccc3oc2=O)cc1. The molecule has 29 heavy (non-hydrogen) atoms. The van der Waals surface area contributed by atoms with E-state index in [4.69, 9.17) is 13.9 Å². The van der Waals surface area contributed by atoms with Crippen LogP contribution in [0.5, 0.6) is 5.75 Å². The van der Waals surface area contributed by atoms with Crippen molar-refractivity contribution >= 4 is 22.8 Å². The molecule has 0 unspecified atom stereocenters. The number of hydrogen-bond donors (Lipinski definition) is 1. The van der Waals surface area contributed by atoms with Gasteiger partial charge in [-0.2, -0.15) is 0 Å². The predicted molar refractivity (Wildman–Crippen MR) is 107 cm³/mol. The fourth-order valence-corrected chi connectivity index (χ4v) is 2.59. The van der Waals surface area contributed by atoms with Crippen molar-refractivity contribution in [3.8, 4) is 5.75 Å². The third kappa shape index (κ3) is 5.68. The summed E-state index contributed by atoms with van der Waals surface area (Å²) in [6, 6.07) is 15.8. The maximum absolute atomic E-state index is 12.2. The van der Waals surface area contributed by atoms with Gasteiger partial charge >= 0.3 is 11.6 Å². The highest BCUT2D eigenvalue weighted by Gasteiger charge is 2.13. The molecule has 1 N–H and O–H groups in total. The van der Waals surface area contributed by atoms with E-state index in [0.29, 0.717) is 23.1 Å². The minimum atomic E-state index is -0.694. The molecule has 0 atom stereocenters. The fourth-order valence-electron chi connectivity index (χ4n) is 2.59. The predicted octanol–water partition coefficient (Wildman–Crippen LogP) is 2.84. The van der Waals surface area contributed by atoms with Gasteiger partial charge in [0, 0.05) is 11.9 Å². The molecule has 3 aromatic rings. The van der Waals surface area contributed by atoms with Crippen LogP contribution in [0.4, 0.5) is 0 Å². The van der Waals surface area contributed by atoms with Gasteiger partial charge in [0.1, 0.15) is 16.9 Å². The first-order chi connectivity index (χ1) is 14.0. The molecule has 1 heterocycles. The largest absolute Gasteiger partial charge is 0.482 e. The lowest BCUT2D eigenvalue weighted by Crippen LogP contribution is -2.29. The minimum absolute atomic E-state index is 0.0628. The van der Waals surface area contributed by atoms with E-state index in [1.165, 1.54) is 6.07 Å². The quantitative estimate of drug-likeness (QED) is 0.358. The second kappa shape index (κ2) is 9.54. The fraction of sp³-hybridized carbons (Fsp3) is 0.227. The average Bonchev–Trinajstić information content (AvgIpc) is 2.72. The second-order valence-corrected chi connectivity index (χ2v) is 6.42. The number of nitrogens with one attached hydrogen (secondary N) is 1. The van der Waals surface area contributed by atoms with Crippen molar-refractivity contribution in [2.24, 2.45) is 0 Å². The van der Waals surface area contributed by atoms with E-state index < -0.39 is 17.5 Å². The summed E-state index contributed by atoms with van der Waals surface area (Å²) in [5.41, 5.74) is 0.769. The number of aryl methyl sites for hydroxylation is 1. The van der Waals surface area contributed by atoms with Crippen LogP contribution in [0.25, 0.3) is 11.0 Å². The van der Waals surface area contributed by atoms with Gasteiger partial charge in [-0.25, -0.2) is 9.59 Å². The zero-order chi connectivity index (χ0) is 20.6. The van der Waals surface area contributed by atoms with Crippen molar-refractivity contribution in [1.82, 2.24) is 5.32 Å². The van der Waals surface area contributed by atoms with Gasteiger partial charge in [0.25, 0.3) is 5.91 Å². The normalized spacial score (nSPS) is 10.5. The summed E-state index contributed by atoms with van der Waals surface area (Å²) in [6.45, 7) is 2.15. The number of carbonyl (C=O) groups excluding carboxylic acids is 2. The zero-order valence-electron chi connectivity index (χ0n) is 16.0. The lowest BCUT2D eigenvalue weighted by Gasteiger charge is -2.08. The molecule has 150 valence electrons. The molecule has 1 amide bonds. The smallest absolute Gasteiger partial charge is 0.349 e. The van der Waals surface area contributed by atoms with Gasteiger partial charge in [0.15, 0.2) is 6.61 Å². The molecule has 0 aliphatic heterocycles. The molecular formula is C22H21NO6. The molecule has 0 radical (unpaired) electrons. The highest BCUT2D eigenvalue weighted by atomic mass is 16.6. The topological polar surface area (TPSA) is 94.8 Å². The van der Waals surface area contributed by atoms with E-state index in [2.05, 4.69) is 5.32 Å². The van der Waals surface area contributed by atoms with Crippen molar-refractivity contribution in [2.75, 3.05) is 19.8 Å². The first kappa shape index (κ1) is 20.1. The second-order valence-electron chi connectivity index (χ2n) is 6.42. The summed E-state index contributed by atoms with van der Waals surface area (Å²) in [4.78, 5) is 35.8. The van der Waals surface area contributed by atoms with Gasteiger partial charge in [-0.3, -0.25) is 4.79 Å². The van der Waals surface area contributed by atoms with Crippen LogP contribution in [0.1, 0.15) is 22.3 Å². The van der Waals surface area contributed by atoms with Crippen LogP contribution in [-0.2, 0) is 9.53 Å². The Kier molecular flexibility index (Phi) is 6.63. The lowest BCUT2D eigenvalue weighted by molar-refractivity contribution is -0.146. The Hall–Kier alpha value is -3.61. The monoisotopic (exact) mass is 395 g/mol. The van der Waals surface area contributed by atoms with E-state index in [-0.39, 0.29) is 25.3 Å². The van der Waals surface area contributed by atoms with Gasteiger partial charge in [-0.15, -0.1) is 0 Å². The Morgan fingerprint density at radius 2 is 1.83 bits per heavy atom. The van der Waals surface area contributed by atoms with Crippen LogP contribution in [0.15, 0.2) is 63.8 Å². The highest BCUT2D eigenvalue weighted by molar-refractivity contribution is 5.96. The van der Waals surface area contributed by atoms with Gasteiger partial charge < -0.3 is 19.2 Å². The van der Waals surface area contributed by atoms with Crippen LogP contribution >= 0.6 is 0 Å². The number of ether oxygens (including phenoxy) is 2. The Morgan fingerprint density at radius 3 is 2.62 bits per heavy atom.